The van der Waals surface area contributed by atoms with Crippen molar-refractivity contribution in [1.29, 1.82) is 0 Å². The maximum atomic E-state index is 11.9. The van der Waals surface area contributed by atoms with Gasteiger partial charge in [0, 0.05) is 23.3 Å². The van der Waals surface area contributed by atoms with Crippen molar-refractivity contribution < 1.29 is 24.6 Å². The number of hydrogen-bond donors (Lipinski definition) is 3. The molecule has 0 spiro atoms. The Morgan fingerprint density at radius 3 is 2.68 bits per heavy atom. The van der Waals surface area contributed by atoms with Crippen LogP contribution in [-0.2, 0) is 9.59 Å². The summed E-state index contributed by atoms with van der Waals surface area (Å²) in [5, 5.41) is 21.7. The van der Waals surface area contributed by atoms with E-state index in [1.165, 1.54) is 16.7 Å². The highest BCUT2D eigenvalue weighted by atomic mass is 32.1. The third kappa shape index (κ3) is 3.85. The molecule has 9 heteroatoms. The van der Waals surface area contributed by atoms with Gasteiger partial charge >= 0.3 is 11.9 Å². The van der Waals surface area contributed by atoms with Crippen molar-refractivity contribution in [2.75, 3.05) is 0 Å². The lowest BCUT2D eigenvalue weighted by molar-refractivity contribution is -0.145. The van der Waals surface area contributed by atoms with Gasteiger partial charge in [0.1, 0.15) is 16.7 Å². The fraction of sp³-hybridized carbons (Fsp3) is 0.154. The molecule has 0 saturated carbocycles. The van der Waals surface area contributed by atoms with Crippen molar-refractivity contribution in [3.8, 4) is 10.6 Å². The molecule has 0 aliphatic carbocycles. The number of carboxylic acids is 2. The number of carbonyl (C=O) groups is 3. The molecular formula is C13H11N3O5S. The molecule has 1 unspecified atom stereocenters. The van der Waals surface area contributed by atoms with E-state index in [4.69, 9.17) is 10.2 Å². The predicted molar refractivity (Wildman–Crippen MR) is 76.5 cm³/mol. The summed E-state index contributed by atoms with van der Waals surface area (Å²) in [6.45, 7) is 0. The van der Waals surface area contributed by atoms with E-state index in [0.717, 1.165) is 5.56 Å². The molecule has 3 N–H and O–H groups in total. The summed E-state index contributed by atoms with van der Waals surface area (Å²) in [6, 6.07) is 2.00. The second kappa shape index (κ2) is 6.76. The second-order valence-electron chi connectivity index (χ2n) is 4.24. The minimum atomic E-state index is -1.51. The molecule has 2 aromatic rings. The molecule has 8 nitrogen and oxygen atoms in total. The number of thiazole rings is 1. The van der Waals surface area contributed by atoms with E-state index in [9.17, 15) is 14.4 Å². The Hall–Kier alpha value is -2.81. The number of aliphatic carboxylic acids is 2. The van der Waals surface area contributed by atoms with Gasteiger partial charge in [-0.2, -0.15) is 0 Å². The molecule has 1 amide bonds. The summed E-state index contributed by atoms with van der Waals surface area (Å²) in [7, 11) is 0. The Balaban J connectivity index is 2.11. The molecule has 0 aromatic carbocycles. The molecule has 2 heterocycles. The predicted octanol–water partition coefficient (Wildman–Crippen LogP) is 0.863. The molecule has 0 fully saturated rings. The Kier molecular flexibility index (Phi) is 4.79. The van der Waals surface area contributed by atoms with Crippen LogP contribution in [0.5, 0.6) is 0 Å². The Labute approximate surface area is 128 Å². The van der Waals surface area contributed by atoms with Crippen LogP contribution in [-0.4, -0.2) is 44.1 Å². The molecule has 114 valence electrons. The second-order valence-corrected chi connectivity index (χ2v) is 5.10. The van der Waals surface area contributed by atoms with E-state index in [0.29, 0.717) is 5.01 Å². The molecule has 22 heavy (non-hydrogen) atoms. The molecule has 0 aliphatic heterocycles. The van der Waals surface area contributed by atoms with E-state index in [1.807, 2.05) is 0 Å². The van der Waals surface area contributed by atoms with E-state index < -0.39 is 30.3 Å². The lowest BCUT2D eigenvalue weighted by Gasteiger charge is -2.10. The highest BCUT2D eigenvalue weighted by molar-refractivity contribution is 7.13. The summed E-state index contributed by atoms with van der Waals surface area (Å²) in [4.78, 5) is 41.5. The number of hydrogen-bond acceptors (Lipinski definition) is 6. The largest absolute Gasteiger partial charge is 0.481 e. The first kappa shape index (κ1) is 15.6. The van der Waals surface area contributed by atoms with E-state index >= 15 is 0 Å². The summed E-state index contributed by atoms with van der Waals surface area (Å²) < 4.78 is 0. The van der Waals surface area contributed by atoms with Crippen LogP contribution in [0.15, 0.2) is 29.9 Å². The number of carboxylic acid groups (broad SMARTS) is 2. The maximum Gasteiger partial charge on any atom is 0.326 e. The van der Waals surface area contributed by atoms with Crippen molar-refractivity contribution >= 4 is 29.2 Å². The maximum absolute atomic E-state index is 11.9. The number of aromatic nitrogens is 2. The molecular weight excluding hydrogens is 310 g/mol. The van der Waals surface area contributed by atoms with E-state index in [1.54, 1.807) is 24.5 Å². The zero-order valence-corrected chi connectivity index (χ0v) is 11.9. The van der Waals surface area contributed by atoms with Gasteiger partial charge < -0.3 is 15.5 Å². The Bertz CT molecular complexity index is 701. The SMILES string of the molecule is O=C(O)CC(NC(=O)c1csc(-c2cccnc2)n1)C(=O)O. The Morgan fingerprint density at radius 2 is 2.09 bits per heavy atom. The van der Waals surface area contributed by atoms with Gasteiger partial charge in [-0.1, -0.05) is 0 Å². The van der Waals surface area contributed by atoms with Crippen LogP contribution in [0.25, 0.3) is 10.6 Å². The summed E-state index contributed by atoms with van der Waals surface area (Å²) >= 11 is 1.20. The highest BCUT2D eigenvalue weighted by Gasteiger charge is 2.24. The highest BCUT2D eigenvalue weighted by Crippen LogP contribution is 2.22. The van der Waals surface area contributed by atoms with E-state index in [-0.39, 0.29) is 5.69 Å². The van der Waals surface area contributed by atoms with Crippen LogP contribution in [0.3, 0.4) is 0 Å². The third-order valence-corrected chi connectivity index (χ3v) is 3.52. The van der Waals surface area contributed by atoms with Gasteiger partial charge in [-0.3, -0.25) is 14.6 Å². The van der Waals surface area contributed by atoms with Crippen LogP contribution >= 0.6 is 11.3 Å². The van der Waals surface area contributed by atoms with Gasteiger partial charge in [0.15, 0.2) is 0 Å². The zero-order valence-electron chi connectivity index (χ0n) is 11.1. The first-order chi connectivity index (χ1) is 10.5. The number of nitrogens with zero attached hydrogens (tertiary/aromatic N) is 2. The van der Waals surface area contributed by atoms with Crippen molar-refractivity contribution in [3.63, 3.8) is 0 Å². The molecule has 0 aliphatic rings. The minimum Gasteiger partial charge on any atom is -0.481 e. The van der Waals surface area contributed by atoms with Crippen LogP contribution in [0.2, 0.25) is 0 Å². The van der Waals surface area contributed by atoms with Crippen LogP contribution < -0.4 is 5.32 Å². The van der Waals surface area contributed by atoms with Gasteiger partial charge in [0.05, 0.1) is 6.42 Å². The van der Waals surface area contributed by atoms with Gasteiger partial charge in [-0.25, -0.2) is 9.78 Å². The fourth-order valence-electron chi connectivity index (χ4n) is 1.61. The van der Waals surface area contributed by atoms with Crippen LogP contribution in [0.4, 0.5) is 0 Å². The fourth-order valence-corrected chi connectivity index (χ4v) is 2.40. The summed E-state index contributed by atoms with van der Waals surface area (Å²) in [5.74, 6) is -3.47. The van der Waals surface area contributed by atoms with Gasteiger partial charge in [-0.15, -0.1) is 11.3 Å². The monoisotopic (exact) mass is 321 g/mol. The lowest BCUT2D eigenvalue weighted by Crippen LogP contribution is -2.42. The summed E-state index contributed by atoms with van der Waals surface area (Å²) in [6.07, 6.45) is 2.49. The first-order valence-electron chi connectivity index (χ1n) is 6.08. The molecule has 2 aromatic heterocycles. The van der Waals surface area contributed by atoms with Crippen LogP contribution in [0, 0.1) is 0 Å². The topological polar surface area (TPSA) is 129 Å². The first-order valence-corrected chi connectivity index (χ1v) is 6.96. The lowest BCUT2D eigenvalue weighted by atomic mass is 10.2. The number of pyridine rings is 1. The van der Waals surface area contributed by atoms with Crippen molar-refractivity contribution in [2.24, 2.45) is 0 Å². The molecule has 2 rings (SSSR count). The quantitative estimate of drug-likeness (QED) is 0.719. The molecule has 1 atom stereocenters. The number of rotatable bonds is 6. The van der Waals surface area contributed by atoms with Gasteiger partial charge in [0.25, 0.3) is 5.91 Å². The van der Waals surface area contributed by atoms with Gasteiger partial charge in [-0.05, 0) is 12.1 Å². The summed E-state index contributed by atoms with van der Waals surface area (Å²) in [5.41, 5.74) is 0.757. The average molecular weight is 321 g/mol. The number of carbonyl (C=O) groups excluding carboxylic acids is 1. The van der Waals surface area contributed by atoms with Crippen molar-refractivity contribution in [3.05, 3.63) is 35.6 Å². The van der Waals surface area contributed by atoms with Gasteiger partial charge in [0.2, 0.25) is 0 Å². The number of nitrogens with one attached hydrogen (secondary N) is 1. The smallest absolute Gasteiger partial charge is 0.326 e. The molecule has 0 bridgehead atoms. The third-order valence-electron chi connectivity index (χ3n) is 2.63. The van der Waals surface area contributed by atoms with E-state index in [2.05, 4.69) is 15.3 Å². The number of amides is 1. The average Bonchev–Trinajstić information content (AvgIpc) is 2.96. The standard InChI is InChI=1S/C13H11N3O5S/c17-10(18)4-8(13(20)21)15-11(19)9-6-22-12(16-9)7-2-1-3-14-5-7/h1-3,5-6,8H,4H2,(H,15,19)(H,17,18)(H,20,21). The Morgan fingerprint density at radius 1 is 1.32 bits per heavy atom. The minimum absolute atomic E-state index is 0.0282. The molecule has 0 radical (unpaired) electrons. The van der Waals surface area contributed by atoms with Crippen molar-refractivity contribution in [1.82, 2.24) is 15.3 Å². The molecule has 0 saturated heterocycles. The zero-order chi connectivity index (χ0) is 16.1. The van der Waals surface area contributed by atoms with Crippen molar-refractivity contribution in [2.45, 2.75) is 12.5 Å². The normalized spacial score (nSPS) is 11.6. The van der Waals surface area contributed by atoms with Crippen LogP contribution in [0.1, 0.15) is 16.9 Å².